The SMILES string of the molecule is CCOC(=O)COCCC[Si](OCC)(OCC)OCC. The molecule has 0 fully saturated rings. The first-order valence-corrected chi connectivity index (χ1v) is 9.22. The molecule has 120 valence electrons. The zero-order valence-electron chi connectivity index (χ0n) is 13.1. The Balaban J connectivity index is 4.02. The number of carbonyl (C=O) groups is 1. The molecular weight excluding hydrogens is 280 g/mol. The Hall–Kier alpha value is -0.473. The maximum atomic E-state index is 11.1. The molecule has 0 saturated heterocycles. The third-order valence-corrected chi connectivity index (χ3v) is 5.54. The topological polar surface area (TPSA) is 63.2 Å². The van der Waals surface area contributed by atoms with Gasteiger partial charge in [0, 0.05) is 32.5 Å². The lowest BCUT2D eigenvalue weighted by atomic mass is 10.5. The van der Waals surface area contributed by atoms with Crippen molar-refractivity contribution < 1.29 is 27.5 Å². The van der Waals surface area contributed by atoms with Crippen LogP contribution in [0.4, 0.5) is 0 Å². The fraction of sp³-hybridized carbons (Fsp3) is 0.923. The standard InChI is InChI=1S/C13H28O6Si/c1-5-16-13(14)12-15-10-9-11-20(17-6-2,18-7-3)19-8-4/h5-12H2,1-4H3. The summed E-state index contributed by atoms with van der Waals surface area (Å²) in [5.74, 6) is -0.338. The van der Waals surface area contributed by atoms with Gasteiger partial charge in [-0.15, -0.1) is 0 Å². The molecule has 0 saturated carbocycles. The molecule has 0 aliphatic carbocycles. The van der Waals surface area contributed by atoms with Crippen molar-refractivity contribution in [2.45, 2.75) is 40.2 Å². The van der Waals surface area contributed by atoms with E-state index in [0.717, 1.165) is 6.42 Å². The lowest BCUT2D eigenvalue weighted by Crippen LogP contribution is -2.46. The molecule has 0 aromatic carbocycles. The van der Waals surface area contributed by atoms with Crippen molar-refractivity contribution in [3.63, 3.8) is 0 Å². The zero-order valence-corrected chi connectivity index (χ0v) is 14.1. The molecule has 0 aromatic heterocycles. The summed E-state index contributed by atoms with van der Waals surface area (Å²) in [4.78, 5) is 11.1. The molecule has 0 heterocycles. The van der Waals surface area contributed by atoms with Crippen LogP contribution in [0.15, 0.2) is 0 Å². The molecule has 0 unspecified atom stereocenters. The van der Waals surface area contributed by atoms with Crippen molar-refractivity contribution in [3.05, 3.63) is 0 Å². The van der Waals surface area contributed by atoms with Crippen LogP contribution in [0.3, 0.4) is 0 Å². The summed E-state index contributed by atoms with van der Waals surface area (Å²) in [5.41, 5.74) is 0. The van der Waals surface area contributed by atoms with Crippen LogP contribution >= 0.6 is 0 Å². The number of hydrogen-bond acceptors (Lipinski definition) is 6. The second-order valence-corrected chi connectivity index (χ2v) is 6.68. The van der Waals surface area contributed by atoms with E-state index in [9.17, 15) is 4.79 Å². The number of carbonyl (C=O) groups excluding carboxylic acids is 1. The molecule has 0 radical (unpaired) electrons. The first-order chi connectivity index (χ1) is 9.64. The first kappa shape index (κ1) is 19.5. The molecule has 0 spiro atoms. The quantitative estimate of drug-likeness (QED) is 0.295. The Kier molecular flexibility index (Phi) is 12.0. The van der Waals surface area contributed by atoms with Crippen LogP contribution in [0.1, 0.15) is 34.1 Å². The Morgan fingerprint density at radius 2 is 1.45 bits per heavy atom. The summed E-state index contributed by atoms with van der Waals surface area (Å²) in [5, 5.41) is 0. The van der Waals surface area contributed by atoms with E-state index in [-0.39, 0.29) is 12.6 Å². The number of ether oxygens (including phenoxy) is 2. The third-order valence-electron chi connectivity index (χ3n) is 2.39. The van der Waals surface area contributed by atoms with Crippen LogP contribution in [0.25, 0.3) is 0 Å². The number of esters is 1. The van der Waals surface area contributed by atoms with E-state index in [1.807, 2.05) is 20.8 Å². The summed E-state index contributed by atoms with van der Waals surface area (Å²) in [6, 6.07) is 0.686. The summed E-state index contributed by atoms with van der Waals surface area (Å²) >= 11 is 0. The van der Waals surface area contributed by atoms with Crippen molar-refractivity contribution in [1.82, 2.24) is 0 Å². The normalized spacial score (nSPS) is 11.6. The second kappa shape index (κ2) is 12.3. The van der Waals surface area contributed by atoms with E-state index in [0.29, 0.717) is 39.1 Å². The van der Waals surface area contributed by atoms with Gasteiger partial charge in [0.25, 0.3) is 0 Å². The number of rotatable bonds is 13. The maximum absolute atomic E-state index is 11.1. The minimum Gasteiger partial charge on any atom is -0.464 e. The summed E-state index contributed by atoms with van der Waals surface area (Å²) in [6.45, 7) is 10.1. The van der Waals surface area contributed by atoms with Gasteiger partial charge in [-0.05, 0) is 34.1 Å². The Morgan fingerprint density at radius 3 is 1.90 bits per heavy atom. The highest BCUT2D eigenvalue weighted by atomic mass is 28.4. The highest BCUT2D eigenvalue weighted by molar-refractivity contribution is 6.60. The predicted molar refractivity (Wildman–Crippen MR) is 77.5 cm³/mol. The molecule has 20 heavy (non-hydrogen) atoms. The molecule has 0 N–H and O–H groups in total. The lowest BCUT2D eigenvalue weighted by Gasteiger charge is -2.28. The minimum atomic E-state index is -2.58. The third kappa shape index (κ3) is 8.65. The van der Waals surface area contributed by atoms with Crippen LogP contribution in [0, 0.1) is 0 Å². The zero-order chi connectivity index (χ0) is 15.3. The molecule has 0 amide bonds. The number of hydrogen-bond donors (Lipinski definition) is 0. The smallest absolute Gasteiger partial charge is 0.464 e. The van der Waals surface area contributed by atoms with Crippen molar-refractivity contribution in [2.75, 3.05) is 39.6 Å². The van der Waals surface area contributed by atoms with Gasteiger partial charge in [-0.1, -0.05) is 0 Å². The van der Waals surface area contributed by atoms with Gasteiger partial charge in [-0.3, -0.25) is 0 Å². The van der Waals surface area contributed by atoms with Gasteiger partial charge in [-0.2, -0.15) is 0 Å². The molecule has 6 nitrogen and oxygen atoms in total. The predicted octanol–water partition coefficient (Wildman–Crippen LogP) is 2.00. The van der Waals surface area contributed by atoms with Gasteiger partial charge >= 0.3 is 14.8 Å². The van der Waals surface area contributed by atoms with Crippen molar-refractivity contribution in [3.8, 4) is 0 Å². The highest BCUT2D eigenvalue weighted by Crippen LogP contribution is 2.18. The Morgan fingerprint density at radius 1 is 0.900 bits per heavy atom. The molecule has 0 aliphatic rings. The molecule has 7 heteroatoms. The average Bonchev–Trinajstić information content (AvgIpc) is 2.39. The average molecular weight is 308 g/mol. The summed E-state index contributed by atoms with van der Waals surface area (Å²) < 4.78 is 27.2. The monoisotopic (exact) mass is 308 g/mol. The second-order valence-electron chi connectivity index (χ2n) is 3.94. The fourth-order valence-electron chi connectivity index (χ4n) is 1.75. The lowest BCUT2D eigenvalue weighted by molar-refractivity contribution is -0.148. The van der Waals surface area contributed by atoms with E-state index >= 15 is 0 Å². The van der Waals surface area contributed by atoms with Gasteiger partial charge in [0.15, 0.2) is 0 Å². The molecular formula is C13H28O6Si. The molecule has 0 aliphatic heterocycles. The van der Waals surface area contributed by atoms with Gasteiger partial charge in [0.2, 0.25) is 0 Å². The van der Waals surface area contributed by atoms with E-state index in [1.165, 1.54) is 0 Å². The van der Waals surface area contributed by atoms with Crippen molar-refractivity contribution >= 4 is 14.8 Å². The van der Waals surface area contributed by atoms with Gasteiger partial charge in [-0.25, -0.2) is 4.79 Å². The van der Waals surface area contributed by atoms with Crippen molar-refractivity contribution in [1.29, 1.82) is 0 Å². The largest absolute Gasteiger partial charge is 0.501 e. The van der Waals surface area contributed by atoms with Crippen LogP contribution in [0.5, 0.6) is 0 Å². The van der Waals surface area contributed by atoms with Gasteiger partial charge in [0.1, 0.15) is 6.61 Å². The van der Waals surface area contributed by atoms with Crippen LogP contribution < -0.4 is 0 Å². The molecule has 0 aromatic rings. The molecule has 0 atom stereocenters. The van der Waals surface area contributed by atoms with E-state index in [2.05, 4.69) is 0 Å². The maximum Gasteiger partial charge on any atom is 0.501 e. The van der Waals surface area contributed by atoms with E-state index < -0.39 is 8.80 Å². The minimum absolute atomic E-state index is 0.0136. The van der Waals surface area contributed by atoms with Crippen LogP contribution in [-0.2, 0) is 27.5 Å². The highest BCUT2D eigenvalue weighted by Gasteiger charge is 2.39. The van der Waals surface area contributed by atoms with E-state index in [4.69, 9.17) is 22.8 Å². The summed E-state index contributed by atoms with van der Waals surface area (Å²) in [6.07, 6.45) is 0.728. The first-order valence-electron chi connectivity index (χ1n) is 7.29. The van der Waals surface area contributed by atoms with Crippen LogP contribution in [-0.4, -0.2) is 54.4 Å². The van der Waals surface area contributed by atoms with Crippen LogP contribution in [0.2, 0.25) is 6.04 Å². The molecule has 0 rings (SSSR count). The fourth-order valence-corrected chi connectivity index (χ4v) is 4.33. The van der Waals surface area contributed by atoms with Crippen molar-refractivity contribution in [2.24, 2.45) is 0 Å². The Labute approximate surface area is 123 Å². The van der Waals surface area contributed by atoms with E-state index in [1.54, 1.807) is 6.92 Å². The Bertz CT molecular complexity index is 232. The van der Waals surface area contributed by atoms with Gasteiger partial charge in [0.05, 0.1) is 6.61 Å². The molecule has 0 bridgehead atoms. The summed E-state index contributed by atoms with van der Waals surface area (Å²) in [7, 11) is -2.58. The van der Waals surface area contributed by atoms with Gasteiger partial charge < -0.3 is 22.8 Å².